The summed E-state index contributed by atoms with van der Waals surface area (Å²) in [5, 5.41) is 0. The summed E-state index contributed by atoms with van der Waals surface area (Å²) in [6.45, 7) is 3.66. The molecule has 1 aromatic heterocycles. The van der Waals surface area contributed by atoms with Crippen LogP contribution in [0.1, 0.15) is 18.2 Å². The quantitative estimate of drug-likeness (QED) is 0.780. The van der Waals surface area contributed by atoms with Crippen molar-refractivity contribution in [2.24, 2.45) is 4.99 Å². The second-order valence-electron chi connectivity index (χ2n) is 5.43. The van der Waals surface area contributed by atoms with Crippen LogP contribution < -0.4 is 4.74 Å². The van der Waals surface area contributed by atoms with Gasteiger partial charge < -0.3 is 14.0 Å². The number of methoxy groups -OCH3 is 1. The second-order valence-corrected chi connectivity index (χ2v) is 6.75. The molecule has 2 aromatic rings. The van der Waals surface area contributed by atoms with E-state index >= 15 is 0 Å². The number of rotatable bonds is 7. The van der Waals surface area contributed by atoms with Crippen LogP contribution in [0, 0.1) is 0 Å². The Morgan fingerprint density at radius 2 is 2.13 bits per heavy atom. The fourth-order valence-electron chi connectivity index (χ4n) is 2.57. The van der Waals surface area contributed by atoms with Crippen LogP contribution in [-0.2, 0) is 11.3 Å². The number of hydrogen-bond acceptors (Lipinski definition) is 4. The minimum Gasteiger partial charge on any atom is -0.497 e. The highest BCUT2D eigenvalue weighted by Crippen LogP contribution is 2.18. The first-order valence-corrected chi connectivity index (χ1v) is 9.02. The Balaban J connectivity index is 1.72. The minimum atomic E-state index is 0.277. The first-order valence-electron chi connectivity index (χ1n) is 7.87. The lowest BCUT2D eigenvalue weighted by atomic mass is 10.2. The number of nitrogens with zero attached hydrogens (tertiary/aromatic N) is 2. The first kappa shape index (κ1) is 16.0. The molecular formula is C18H22N2O2S. The monoisotopic (exact) mass is 330 g/mol. The molecule has 0 saturated heterocycles. The Bertz CT molecular complexity index is 664. The van der Waals surface area contributed by atoms with Gasteiger partial charge in [-0.2, -0.15) is 11.8 Å². The number of aromatic nitrogens is 1. The molecule has 0 N–H and O–H groups in total. The lowest BCUT2D eigenvalue weighted by molar-refractivity contribution is 0.323. The maximum absolute atomic E-state index is 5.82. The molecule has 1 aromatic carbocycles. The van der Waals surface area contributed by atoms with Crippen molar-refractivity contribution >= 4 is 17.7 Å². The Kier molecular flexibility index (Phi) is 5.28. The number of benzene rings is 1. The van der Waals surface area contributed by atoms with Crippen molar-refractivity contribution in [3.05, 3.63) is 53.9 Å². The summed E-state index contributed by atoms with van der Waals surface area (Å²) in [4.78, 5) is 4.73. The van der Waals surface area contributed by atoms with E-state index in [1.807, 2.05) is 30.0 Å². The van der Waals surface area contributed by atoms with E-state index in [1.54, 1.807) is 7.11 Å². The summed E-state index contributed by atoms with van der Waals surface area (Å²) in [5.74, 6) is 3.79. The van der Waals surface area contributed by atoms with Crippen LogP contribution in [0.4, 0.5) is 0 Å². The zero-order chi connectivity index (χ0) is 16.1. The lowest BCUT2D eigenvalue weighted by Gasteiger charge is -2.09. The van der Waals surface area contributed by atoms with Crippen molar-refractivity contribution in [2.45, 2.75) is 19.5 Å². The lowest BCUT2D eigenvalue weighted by Crippen LogP contribution is -2.11. The van der Waals surface area contributed by atoms with Gasteiger partial charge in [0.1, 0.15) is 18.1 Å². The highest BCUT2D eigenvalue weighted by molar-refractivity contribution is 7.99. The van der Waals surface area contributed by atoms with Crippen molar-refractivity contribution in [1.29, 1.82) is 0 Å². The Morgan fingerprint density at radius 1 is 1.30 bits per heavy atom. The molecule has 0 saturated carbocycles. The van der Waals surface area contributed by atoms with E-state index in [4.69, 9.17) is 14.5 Å². The maximum atomic E-state index is 5.82. The molecule has 3 rings (SSSR count). The number of hydrogen-bond donors (Lipinski definition) is 0. The van der Waals surface area contributed by atoms with Crippen LogP contribution in [0.3, 0.4) is 0 Å². The molecule has 4 nitrogen and oxygen atoms in total. The van der Waals surface area contributed by atoms with Crippen LogP contribution in [0.15, 0.2) is 47.6 Å². The molecule has 23 heavy (non-hydrogen) atoms. The molecule has 0 radical (unpaired) electrons. The zero-order valence-corrected chi connectivity index (χ0v) is 14.4. The van der Waals surface area contributed by atoms with Gasteiger partial charge in [0, 0.05) is 18.5 Å². The van der Waals surface area contributed by atoms with Gasteiger partial charge in [-0.05, 0) is 35.6 Å². The van der Waals surface area contributed by atoms with Gasteiger partial charge in [-0.1, -0.05) is 19.1 Å². The Morgan fingerprint density at radius 3 is 2.87 bits per heavy atom. The summed E-state index contributed by atoms with van der Waals surface area (Å²) in [6, 6.07) is 12.5. The van der Waals surface area contributed by atoms with Crippen LogP contribution in [0.25, 0.3) is 0 Å². The van der Waals surface area contributed by atoms with Crippen molar-refractivity contribution < 1.29 is 9.47 Å². The van der Waals surface area contributed by atoms with Crippen LogP contribution in [0.2, 0.25) is 0 Å². The van der Waals surface area contributed by atoms with E-state index in [0.717, 1.165) is 35.4 Å². The summed E-state index contributed by atoms with van der Waals surface area (Å²) < 4.78 is 13.2. The van der Waals surface area contributed by atoms with Gasteiger partial charge in [0.05, 0.1) is 13.2 Å². The van der Waals surface area contributed by atoms with Crippen LogP contribution >= 0.6 is 11.8 Å². The van der Waals surface area contributed by atoms with Crippen molar-refractivity contribution in [1.82, 2.24) is 4.57 Å². The van der Waals surface area contributed by atoms with Gasteiger partial charge in [0.15, 0.2) is 0 Å². The molecule has 122 valence electrons. The van der Waals surface area contributed by atoms with E-state index in [2.05, 4.69) is 35.9 Å². The molecule has 1 unspecified atom stereocenters. The molecular weight excluding hydrogens is 308 g/mol. The average molecular weight is 330 g/mol. The standard InChI is InChI=1S/C18H22N2O2S/c1-3-23-13-15-12-22-18(19-15)17-5-4-10-20(17)11-14-6-8-16(21-2)9-7-14/h4-10,15H,3,11-13H2,1-2H3. The molecule has 0 aliphatic carbocycles. The summed E-state index contributed by atoms with van der Waals surface area (Å²) in [5.41, 5.74) is 2.27. The summed E-state index contributed by atoms with van der Waals surface area (Å²) in [7, 11) is 1.68. The van der Waals surface area contributed by atoms with E-state index in [0.29, 0.717) is 6.61 Å². The van der Waals surface area contributed by atoms with Gasteiger partial charge in [-0.25, -0.2) is 4.99 Å². The van der Waals surface area contributed by atoms with Crippen molar-refractivity contribution in [3.63, 3.8) is 0 Å². The molecule has 0 fully saturated rings. The summed E-state index contributed by atoms with van der Waals surface area (Å²) >= 11 is 1.91. The molecule has 0 amide bonds. The highest BCUT2D eigenvalue weighted by atomic mass is 32.2. The Hall–Kier alpha value is -1.88. The third kappa shape index (κ3) is 3.91. The topological polar surface area (TPSA) is 35.8 Å². The smallest absolute Gasteiger partial charge is 0.233 e. The van der Waals surface area contributed by atoms with E-state index in [1.165, 1.54) is 5.56 Å². The fraction of sp³-hybridized carbons (Fsp3) is 0.389. The maximum Gasteiger partial charge on any atom is 0.233 e. The molecule has 1 atom stereocenters. The van der Waals surface area contributed by atoms with Crippen molar-refractivity contribution in [2.75, 3.05) is 25.2 Å². The van der Waals surface area contributed by atoms with Crippen LogP contribution in [0.5, 0.6) is 5.75 Å². The fourth-order valence-corrected chi connectivity index (χ4v) is 3.25. The molecule has 2 heterocycles. The number of ether oxygens (including phenoxy) is 2. The van der Waals surface area contributed by atoms with Gasteiger partial charge in [-0.3, -0.25) is 0 Å². The SMILES string of the molecule is CCSCC1COC(c2cccn2Cc2ccc(OC)cc2)=N1. The average Bonchev–Trinajstić information content (AvgIpc) is 3.22. The highest BCUT2D eigenvalue weighted by Gasteiger charge is 2.21. The number of aliphatic imine (C=N–C) groups is 1. The largest absolute Gasteiger partial charge is 0.497 e. The zero-order valence-electron chi connectivity index (χ0n) is 13.6. The predicted molar refractivity (Wildman–Crippen MR) is 95.8 cm³/mol. The molecule has 0 bridgehead atoms. The molecule has 5 heteroatoms. The first-order chi connectivity index (χ1) is 11.3. The molecule has 0 spiro atoms. The number of thioether (sulfide) groups is 1. The molecule has 1 aliphatic rings. The Labute approximate surface area is 141 Å². The van der Waals surface area contributed by atoms with E-state index in [9.17, 15) is 0 Å². The predicted octanol–water partition coefficient (Wildman–Crippen LogP) is 3.44. The third-order valence-electron chi connectivity index (χ3n) is 3.79. The van der Waals surface area contributed by atoms with Gasteiger partial charge in [0.2, 0.25) is 5.90 Å². The van der Waals surface area contributed by atoms with Gasteiger partial charge in [-0.15, -0.1) is 0 Å². The minimum absolute atomic E-state index is 0.277. The van der Waals surface area contributed by atoms with E-state index in [-0.39, 0.29) is 6.04 Å². The van der Waals surface area contributed by atoms with Crippen molar-refractivity contribution in [3.8, 4) is 5.75 Å². The van der Waals surface area contributed by atoms with Crippen LogP contribution in [-0.4, -0.2) is 41.7 Å². The molecule has 1 aliphatic heterocycles. The second kappa shape index (κ2) is 7.59. The third-order valence-corrected chi connectivity index (χ3v) is 4.82. The summed E-state index contributed by atoms with van der Waals surface area (Å²) in [6.07, 6.45) is 2.07. The van der Waals surface area contributed by atoms with Gasteiger partial charge >= 0.3 is 0 Å². The normalized spacial score (nSPS) is 17.0. The van der Waals surface area contributed by atoms with E-state index < -0.39 is 0 Å². The van der Waals surface area contributed by atoms with Gasteiger partial charge in [0.25, 0.3) is 0 Å².